The Morgan fingerprint density at radius 2 is 2.11 bits per heavy atom. The van der Waals surface area contributed by atoms with Crippen molar-refractivity contribution in [2.75, 3.05) is 5.73 Å². The molecule has 0 unspecified atom stereocenters. The number of furan rings is 1. The first-order valence-corrected chi connectivity index (χ1v) is 5.62. The van der Waals surface area contributed by atoms with Crippen LogP contribution in [0.1, 0.15) is 5.56 Å². The quantitative estimate of drug-likeness (QED) is 0.540. The number of benzene rings is 1. The van der Waals surface area contributed by atoms with Crippen LogP contribution in [0.2, 0.25) is 0 Å². The molecular formula is C13H11N3O3. The average Bonchev–Trinajstić information content (AvgIpc) is 3.01. The summed E-state index contributed by atoms with van der Waals surface area (Å²) in [5.41, 5.74) is 7.45. The van der Waals surface area contributed by atoms with Crippen LogP contribution >= 0.6 is 0 Å². The topological polar surface area (TPSA) is 98.3 Å². The first-order chi connectivity index (χ1) is 9.15. The zero-order chi connectivity index (χ0) is 13.4. The van der Waals surface area contributed by atoms with E-state index in [9.17, 15) is 5.11 Å². The van der Waals surface area contributed by atoms with Gasteiger partial charge in [-0.15, -0.1) is 0 Å². The number of nitrogens with two attached hydrogens (primary N) is 1. The van der Waals surface area contributed by atoms with Crippen molar-refractivity contribution in [1.82, 2.24) is 10.1 Å². The Bertz CT molecular complexity index is 730. The summed E-state index contributed by atoms with van der Waals surface area (Å²) in [4.78, 5) is 4.25. The molecule has 6 nitrogen and oxygen atoms in total. The summed E-state index contributed by atoms with van der Waals surface area (Å²) in [5.74, 6) is 1.29. The van der Waals surface area contributed by atoms with Gasteiger partial charge in [-0.25, -0.2) is 0 Å². The number of phenolic OH excluding ortho intramolecular Hbond substituents is 1. The van der Waals surface area contributed by atoms with Crippen LogP contribution in [0, 0.1) is 6.92 Å². The maximum absolute atomic E-state index is 9.38. The first kappa shape index (κ1) is 11.3. The molecule has 0 bridgehead atoms. The zero-order valence-electron chi connectivity index (χ0n) is 10.1. The number of phenols is 1. The van der Waals surface area contributed by atoms with E-state index in [1.165, 1.54) is 6.07 Å². The highest BCUT2D eigenvalue weighted by atomic mass is 16.5. The highest BCUT2D eigenvalue weighted by Crippen LogP contribution is 2.28. The van der Waals surface area contributed by atoms with Gasteiger partial charge < -0.3 is 19.8 Å². The van der Waals surface area contributed by atoms with Crippen molar-refractivity contribution >= 4 is 5.69 Å². The van der Waals surface area contributed by atoms with Crippen LogP contribution in [0.3, 0.4) is 0 Å². The number of nitrogens with zero attached hydrogens (tertiary/aromatic N) is 2. The number of aromatic nitrogens is 2. The number of rotatable bonds is 2. The van der Waals surface area contributed by atoms with Gasteiger partial charge in [0.25, 0.3) is 5.89 Å². The number of anilines is 1. The minimum atomic E-state index is 0.0189. The van der Waals surface area contributed by atoms with E-state index in [0.717, 1.165) is 5.56 Å². The van der Waals surface area contributed by atoms with Crippen molar-refractivity contribution in [2.24, 2.45) is 0 Å². The highest BCUT2D eigenvalue weighted by molar-refractivity contribution is 5.66. The lowest BCUT2D eigenvalue weighted by molar-refractivity contribution is 0.429. The molecule has 0 aliphatic heterocycles. The summed E-state index contributed by atoms with van der Waals surface area (Å²) in [5, 5.41) is 13.2. The van der Waals surface area contributed by atoms with Gasteiger partial charge in [0.05, 0.1) is 12.0 Å². The summed E-state index contributed by atoms with van der Waals surface area (Å²) >= 11 is 0. The minimum absolute atomic E-state index is 0.0189. The van der Waals surface area contributed by atoms with Gasteiger partial charge in [0.1, 0.15) is 5.75 Å². The van der Waals surface area contributed by atoms with Crippen molar-refractivity contribution < 1.29 is 14.0 Å². The predicted molar refractivity (Wildman–Crippen MR) is 68.3 cm³/mol. The van der Waals surface area contributed by atoms with Gasteiger partial charge in [0.2, 0.25) is 5.82 Å². The number of hydrogen-bond acceptors (Lipinski definition) is 6. The van der Waals surface area contributed by atoms with Gasteiger partial charge in [-0.1, -0.05) is 5.16 Å². The van der Waals surface area contributed by atoms with Gasteiger partial charge in [-0.2, -0.15) is 4.98 Å². The van der Waals surface area contributed by atoms with Gasteiger partial charge >= 0.3 is 0 Å². The number of hydrogen-bond donors (Lipinski definition) is 2. The summed E-state index contributed by atoms with van der Waals surface area (Å²) < 4.78 is 10.5. The summed E-state index contributed by atoms with van der Waals surface area (Å²) in [6.07, 6.45) is 1.57. The van der Waals surface area contributed by atoms with Crippen molar-refractivity contribution in [1.29, 1.82) is 0 Å². The maximum atomic E-state index is 9.38. The Morgan fingerprint density at radius 1 is 1.26 bits per heavy atom. The Morgan fingerprint density at radius 3 is 2.79 bits per heavy atom. The van der Waals surface area contributed by atoms with E-state index < -0.39 is 0 Å². The number of nitrogen functional groups attached to an aromatic ring is 1. The van der Waals surface area contributed by atoms with Crippen LogP contribution in [0.4, 0.5) is 5.69 Å². The molecule has 0 spiro atoms. The molecule has 1 aromatic carbocycles. The van der Waals surface area contributed by atoms with E-state index >= 15 is 0 Å². The second-order valence-corrected chi connectivity index (χ2v) is 4.13. The fourth-order valence-corrected chi connectivity index (χ4v) is 1.72. The van der Waals surface area contributed by atoms with Gasteiger partial charge in [-0.05, 0) is 36.8 Å². The normalized spacial score (nSPS) is 10.8. The zero-order valence-corrected chi connectivity index (χ0v) is 10.1. The SMILES string of the molecule is Cc1ccoc1-c1noc(-c2ccc(O)c(N)c2)n1. The number of aryl methyl sites for hydroxylation is 1. The lowest BCUT2D eigenvalue weighted by Gasteiger charge is -1.99. The minimum Gasteiger partial charge on any atom is -0.506 e. The van der Waals surface area contributed by atoms with Crippen molar-refractivity contribution in [3.8, 4) is 28.8 Å². The van der Waals surface area contributed by atoms with E-state index in [1.807, 2.05) is 13.0 Å². The van der Waals surface area contributed by atoms with Crippen molar-refractivity contribution in [3.05, 3.63) is 36.1 Å². The van der Waals surface area contributed by atoms with Crippen LogP contribution in [-0.4, -0.2) is 15.2 Å². The Kier molecular flexibility index (Phi) is 2.49. The standard InChI is InChI=1S/C13H11N3O3/c1-7-4-5-18-11(7)12-15-13(19-16-12)8-2-3-10(17)9(14)6-8/h2-6,17H,14H2,1H3. The van der Waals surface area contributed by atoms with Gasteiger partial charge in [0, 0.05) is 5.56 Å². The molecule has 0 aliphatic carbocycles. The lowest BCUT2D eigenvalue weighted by Crippen LogP contribution is -1.87. The molecule has 96 valence electrons. The molecule has 0 radical (unpaired) electrons. The molecule has 19 heavy (non-hydrogen) atoms. The second kappa shape index (κ2) is 4.16. The number of aromatic hydroxyl groups is 1. The molecule has 0 saturated carbocycles. The van der Waals surface area contributed by atoms with Crippen LogP contribution in [0.25, 0.3) is 23.0 Å². The Hall–Kier alpha value is -2.76. The van der Waals surface area contributed by atoms with E-state index in [0.29, 0.717) is 23.0 Å². The summed E-state index contributed by atoms with van der Waals surface area (Å²) in [6, 6.07) is 6.52. The third-order valence-electron chi connectivity index (χ3n) is 2.77. The van der Waals surface area contributed by atoms with Crippen LogP contribution in [0.15, 0.2) is 39.5 Å². The van der Waals surface area contributed by atoms with Crippen LogP contribution in [0.5, 0.6) is 5.75 Å². The van der Waals surface area contributed by atoms with E-state index in [-0.39, 0.29) is 11.4 Å². The third kappa shape index (κ3) is 1.93. The molecule has 3 aromatic rings. The molecule has 0 atom stereocenters. The van der Waals surface area contributed by atoms with E-state index in [4.69, 9.17) is 14.7 Å². The highest BCUT2D eigenvalue weighted by Gasteiger charge is 2.15. The summed E-state index contributed by atoms with van der Waals surface area (Å²) in [6.45, 7) is 1.90. The molecule has 0 fully saturated rings. The predicted octanol–water partition coefficient (Wildman–Crippen LogP) is 2.59. The summed E-state index contributed by atoms with van der Waals surface area (Å²) in [7, 11) is 0. The smallest absolute Gasteiger partial charge is 0.258 e. The maximum Gasteiger partial charge on any atom is 0.258 e. The van der Waals surface area contributed by atoms with E-state index in [1.54, 1.807) is 18.4 Å². The monoisotopic (exact) mass is 257 g/mol. The molecule has 2 heterocycles. The molecule has 0 saturated heterocycles. The van der Waals surface area contributed by atoms with Gasteiger partial charge in [0.15, 0.2) is 5.76 Å². The lowest BCUT2D eigenvalue weighted by atomic mass is 10.2. The molecule has 3 rings (SSSR count). The van der Waals surface area contributed by atoms with Crippen molar-refractivity contribution in [3.63, 3.8) is 0 Å². The molecular weight excluding hydrogens is 246 g/mol. The van der Waals surface area contributed by atoms with E-state index in [2.05, 4.69) is 10.1 Å². The molecule has 6 heteroatoms. The van der Waals surface area contributed by atoms with Crippen LogP contribution < -0.4 is 5.73 Å². The third-order valence-corrected chi connectivity index (χ3v) is 2.77. The first-order valence-electron chi connectivity index (χ1n) is 5.62. The van der Waals surface area contributed by atoms with Gasteiger partial charge in [-0.3, -0.25) is 0 Å². The van der Waals surface area contributed by atoms with Crippen LogP contribution in [-0.2, 0) is 0 Å². The second-order valence-electron chi connectivity index (χ2n) is 4.13. The molecule has 0 amide bonds. The fourth-order valence-electron chi connectivity index (χ4n) is 1.72. The Balaban J connectivity index is 2.01. The largest absolute Gasteiger partial charge is 0.506 e. The Labute approximate surface area is 108 Å². The molecule has 3 N–H and O–H groups in total. The average molecular weight is 257 g/mol. The fraction of sp³-hybridized carbons (Fsp3) is 0.0769. The molecule has 0 aliphatic rings. The molecule has 2 aromatic heterocycles. The van der Waals surface area contributed by atoms with Crippen molar-refractivity contribution in [2.45, 2.75) is 6.92 Å².